The number of nitro benzene ring substituents is 1. The van der Waals surface area contributed by atoms with E-state index in [2.05, 4.69) is 0 Å². The molecule has 3 rings (SSSR count). The number of carbonyl (C=O) groups is 2. The van der Waals surface area contributed by atoms with Gasteiger partial charge in [0.1, 0.15) is 6.54 Å². The van der Waals surface area contributed by atoms with E-state index in [0.717, 1.165) is 10.4 Å². The Hall–Kier alpha value is -4.18. The Labute approximate surface area is 238 Å². The van der Waals surface area contributed by atoms with Crippen molar-refractivity contribution >= 4 is 34.9 Å². The molecule has 0 N–H and O–H groups in total. The average Bonchev–Trinajstić information content (AvgIpc) is 3.49. The lowest BCUT2D eigenvalue weighted by Gasteiger charge is -2.30. The first kappa shape index (κ1) is 30.4. The summed E-state index contributed by atoms with van der Waals surface area (Å²) in [5.74, 6) is 0.829. The Bertz CT molecular complexity index is 1310. The minimum absolute atomic E-state index is 0.0192. The summed E-state index contributed by atoms with van der Waals surface area (Å²) in [5, 5.41) is 12.9. The fourth-order valence-corrected chi connectivity index (χ4v) is 4.79. The van der Waals surface area contributed by atoms with Gasteiger partial charge in [-0.1, -0.05) is 19.1 Å². The predicted molar refractivity (Wildman–Crippen MR) is 157 cm³/mol. The molecule has 2 aromatic carbocycles. The Morgan fingerprint density at radius 3 is 2.40 bits per heavy atom. The Balaban J connectivity index is 1.75. The van der Waals surface area contributed by atoms with Gasteiger partial charge in [0, 0.05) is 35.7 Å². The number of methoxy groups -OCH3 is 2. The quantitative estimate of drug-likeness (QED) is 0.144. The zero-order valence-electron chi connectivity index (χ0n) is 23.2. The van der Waals surface area contributed by atoms with E-state index < -0.39 is 4.92 Å². The van der Waals surface area contributed by atoms with Crippen LogP contribution < -0.4 is 9.47 Å². The second-order valence-electron chi connectivity index (χ2n) is 9.24. The van der Waals surface area contributed by atoms with Gasteiger partial charge in [-0.05, 0) is 72.7 Å². The van der Waals surface area contributed by atoms with Crippen LogP contribution in [-0.4, -0.2) is 59.9 Å². The Morgan fingerprint density at radius 2 is 1.80 bits per heavy atom. The number of amides is 2. The number of nitro groups is 1. The summed E-state index contributed by atoms with van der Waals surface area (Å²) < 4.78 is 10.7. The Kier molecular flexibility index (Phi) is 11.3. The molecule has 1 unspecified atom stereocenters. The van der Waals surface area contributed by atoms with Crippen molar-refractivity contribution in [2.75, 3.05) is 27.3 Å². The fourth-order valence-electron chi connectivity index (χ4n) is 4.07. The summed E-state index contributed by atoms with van der Waals surface area (Å²) in [6, 6.07) is 15.4. The molecule has 40 heavy (non-hydrogen) atoms. The number of non-ortho nitro benzene ring substituents is 1. The zero-order chi connectivity index (χ0) is 29.1. The van der Waals surface area contributed by atoms with Crippen LogP contribution in [0.5, 0.6) is 11.5 Å². The van der Waals surface area contributed by atoms with Crippen LogP contribution in [-0.2, 0) is 22.6 Å². The van der Waals surface area contributed by atoms with E-state index in [1.54, 1.807) is 53.6 Å². The first-order valence-electron chi connectivity index (χ1n) is 13.0. The van der Waals surface area contributed by atoms with Crippen LogP contribution >= 0.6 is 11.3 Å². The lowest BCUT2D eigenvalue weighted by Crippen LogP contribution is -2.46. The molecule has 1 atom stereocenters. The first-order valence-corrected chi connectivity index (χ1v) is 13.9. The third kappa shape index (κ3) is 8.41. The molecule has 0 spiro atoms. The maximum atomic E-state index is 13.6. The second-order valence-corrected chi connectivity index (χ2v) is 10.3. The highest BCUT2D eigenvalue weighted by molar-refractivity contribution is 7.09. The molecule has 0 saturated carbocycles. The first-order chi connectivity index (χ1) is 19.2. The van der Waals surface area contributed by atoms with Crippen LogP contribution in [0.1, 0.15) is 36.3 Å². The normalized spacial score (nSPS) is 11.7. The number of nitrogens with zero attached hydrogens (tertiary/aromatic N) is 3. The van der Waals surface area contributed by atoms with E-state index in [1.807, 2.05) is 49.6 Å². The molecular formula is C30H35N3O6S. The number of carbonyl (C=O) groups excluding carboxylic acids is 2. The van der Waals surface area contributed by atoms with Crippen LogP contribution in [0.3, 0.4) is 0 Å². The van der Waals surface area contributed by atoms with E-state index in [4.69, 9.17) is 9.47 Å². The highest BCUT2D eigenvalue weighted by Crippen LogP contribution is 2.28. The van der Waals surface area contributed by atoms with Crippen LogP contribution in [0.15, 0.2) is 66.1 Å². The van der Waals surface area contributed by atoms with Gasteiger partial charge in [0.05, 0.1) is 25.7 Å². The minimum atomic E-state index is -0.470. The molecule has 0 aliphatic carbocycles. The van der Waals surface area contributed by atoms with Gasteiger partial charge in [0.25, 0.3) is 5.69 Å². The van der Waals surface area contributed by atoms with Crippen molar-refractivity contribution in [2.24, 2.45) is 0 Å². The molecule has 9 nitrogen and oxygen atoms in total. The third-order valence-electron chi connectivity index (χ3n) is 6.63. The summed E-state index contributed by atoms with van der Waals surface area (Å²) in [5.41, 5.74) is 1.64. The van der Waals surface area contributed by atoms with Crippen molar-refractivity contribution < 1.29 is 24.0 Å². The monoisotopic (exact) mass is 565 g/mol. The van der Waals surface area contributed by atoms with E-state index in [-0.39, 0.29) is 30.1 Å². The largest absolute Gasteiger partial charge is 0.493 e. The van der Waals surface area contributed by atoms with Crippen LogP contribution in [0.2, 0.25) is 0 Å². The highest BCUT2D eigenvalue weighted by atomic mass is 32.1. The lowest BCUT2D eigenvalue weighted by molar-refractivity contribution is -0.384. The molecule has 1 heterocycles. The standard InChI is InChI=1S/C30H35N3O6S/c1-5-22(2)32(29(34)15-11-23-8-12-25(13-9-23)33(36)37)21-30(35)31(20-26-7-6-18-40-26)17-16-24-10-14-27(38-3)28(19-24)39-4/h6-15,18-19,22H,5,16-17,20-21H2,1-4H3/b15-11+. The van der Waals surface area contributed by atoms with E-state index in [9.17, 15) is 19.7 Å². The van der Waals surface area contributed by atoms with Crippen molar-refractivity contribution in [1.29, 1.82) is 0 Å². The van der Waals surface area contributed by atoms with Crippen molar-refractivity contribution in [3.63, 3.8) is 0 Å². The Morgan fingerprint density at radius 1 is 1.07 bits per heavy atom. The topological polar surface area (TPSA) is 102 Å². The van der Waals surface area contributed by atoms with Crippen LogP contribution in [0, 0.1) is 10.1 Å². The molecule has 10 heteroatoms. The smallest absolute Gasteiger partial charge is 0.269 e. The molecule has 0 fully saturated rings. The number of thiophene rings is 1. The summed E-state index contributed by atoms with van der Waals surface area (Å²) in [6.45, 7) is 4.74. The van der Waals surface area contributed by atoms with E-state index >= 15 is 0 Å². The molecule has 0 aliphatic heterocycles. The minimum Gasteiger partial charge on any atom is -0.493 e. The van der Waals surface area contributed by atoms with Crippen LogP contribution in [0.4, 0.5) is 5.69 Å². The predicted octanol–water partition coefficient (Wildman–Crippen LogP) is 5.59. The SMILES string of the molecule is CCC(C)N(CC(=O)N(CCc1ccc(OC)c(OC)c1)Cc1cccs1)C(=O)/C=C/c1ccc([N+](=O)[O-])cc1. The molecule has 1 aromatic heterocycles. The molecule has 0 bridgehead atoms. The molecular weight excluding hydrogens is 530 g/mol. The summed E-state index contributed by atoms with van der Waals surface area (Å²) in [7, 11) is 3.18. The summed E-state index contributed by atoms with van der Waals surface area (Å²) in [6.07, 6.45) is 4.30. The zero-order valence-corrected chi connectivity index (χ0v) is 24.1. The third-order valence-corrected chi connectivity index (χ3v) is 7.49. The van der Waals surface area contributed by atoms with E-state index in [1.165, 1.54) is 18.2 Å². The number of hydrogen-bond acceptors (Lipinski definition) is 7. The molecule has 0 radical (unpaired) electrons. The van der Waals surface area contributed by atoms with E-state index in [0.29, 0.717) is 43.0 Å². The summed E-state index contributed by atoms with van der Waals surface area (Å²) >= 11 is 1.58. The number of rotatable bonds is 14. The average molecular weight is 566 g/mol. The molecule has 3 aromatic rings. The second kappa shape index (κ2) is 14.8. The van der Waals surface area contributed by atoms with Gasteiger partial charge in [-0.25, -0.2) is 0 Å². The summed E-state index contributed by atoms with van der Waals surface area (Å²) in [4.78, 5) is 41.7. The maximum Gasteiger partial charge on any atom is 0.269 e. The lowest BCUT2D eigenvalue weighted by atomic mass is 10.1. The molecule has 212 valence electrons. The van der Waals surface area contributed by atoms with Gasteiger partial charge in [0.15, 0.2) is 11.5 Å². The van der Waals surface area contributed by atoms with Gasteiger partial charge in [-0.2, -0.15) is 0 Å². The fraction of sp³-hybridized carbons (Fsp3) is 0.333. The van der Waals surface area contributed by atoms with Crippen molar-refractivity contribution in [3.05, 3.63) is 92.2 Å². The van der Waals surface area contributed by atoms with Crippen LogP contribution in [0.25, 0.3) is 6.08 Å². The number of hydrogen-bond donors (Lipinski definition) is 0. The maximum absolute atomic E-state index is 13.6. The van der Waals surface area contributed by atoms with Gasteiger partial charge < -0.3 is 19.3 Å². The van der Waals surface area contributed by atoms with Crippen molar-refractivity contribution in [3.8, 4) is 11.5 Å². The van der Waals surface area contributed by atoms with Crippen molar-refractivity contribution in [2.45, 2.75) is 39.3 Å². The molecule has 0 aliphatic rings. The molecule has 0 saturated heterocycles. The van der Waals surface area contributed by atoms with Crippen molar-refractivity contribution in [1.82, 2.24) is 9.80 Å². The van der Waals surface area contributed by atoms with Gasteiger partial charge in [-0.3, -0.25) is 19.7 Å². The number of ether oxygens (including phenoxy) is 2. The van der Waals surface area contributed by atoms with Gasteiger partial charge in [0.2, 0.25) is 11.8 Å². The highest BCUT2D eigenvalue weighted by Gasteiger charge is 2.24. The van der Waals surface area contributed by atoms with Gasteiger partial charge in [-0.15, -0.1) is 11.3 Å². The van der Waals surface area contributed by atoms with Gasteiger partial charge >= 0.3 is 0 Å². The molecule has 2 amide bonds. The number of benzene rings is 2.